The van der Waals surface area contributed by atoms with Crippen molar-refractivity contribution in [2.24, 2.45) is 0 Å². The number of unbranched alkanes of at least 4 members (excludes halogenated alkanes) is 2. The summed E-state index contributed by atoms with van der Waals surface area (Å²) in [5.41, 5.74) is 5.32. The highest BCUT2D eigenvalue weighted by Crippen LogP contribution is 2.31. The van der Waals surface area contributed by atoms with Crippen LogP contribution in [0.15, 0.2) is 48.5 Å². The van der Waals surface area contributed by atoms with Crippen molar-refractivity contribution in [2.45, 2.75) is 71.3 Å². The van der Waals surface area contributed by atoms with Gasteiger partial charge >= 0.3 is 5.97 Å². The van der Waals surface area contributed by atoms with Crippen LogP contribution >= 0.6 is 0 Å². The van der Waals surface area contributed by atoms with Crippen molar-refractivity contribution in [3.05, 3.63) is 70.8 Å². The van der Waals surface area contributed by atoms with E-state index in [1.165, 1.54) is 24.0 Å². The van der Waals surface area contributed by atoms with Crippen LogP contribution in [0.5, 0.6) is 0 Å². The number of benzene rings is 2. The minimum absolute atomic E-state index is 0.0857. The molecule has 2 heteroatoms. The molecule has 3 rings (SSSR count). The molecular weight excluding hydrogens is 344 g/mol. The normalized spacial score (nSPS) is 15.0. The predicted octanol–water partition coefficient (Wildman–Crippen LogP) is 7.22. The van der Waals surface area contributed by atoms with E-state index in [0.29, 0.717) is 5.56 Å². The van der Waals surface area contributed by atoms with Crippen LogP contribution in [0, 0.1) is 6.92 Å². The molecule has 0 radical (unpaired) electrons. The summed E-state index contributed by atoms with van der Waals surface area (Å²) >= 11 is 0. The molecule has 0 aromatic heterocycles. The molecule has 0 spiro atoms. The van der Waals surface area contributed by atoms with Crippen LogP contribution in [-0.4, -0.2) is 12.1 Å². The first-order valence-corrected chi connectivity index (χ1v) is 10.8. The highest BCUT2D eigenvalue weighted by atomic mass is 16.5. The van der Waals surface area contributed by atoms with Crippen LogP contribution in [0.4, 0.5) is 0 Å². The summed E-state index contributed by atoms with van der Waals surface area (Å²) in [7, 11) is 0. The van der Waals surface area contributed by atoms with Crippen molar-refractivity contribution in [1.29, 1.82) is 0 Å². The van der Waals surface area contributed by atoms with Crippen LogP contribution in [0.25, 0.3) is 11.6 Å². The minimum Gasteiger partial charge on any atom is -0.459 e. The highest BCUT2D eigenvalue weighted by Gasteiger charge is 2.23. The average molecular weight is 377 g/mol. The Morgan fingerprint density at radius 2 is 1.79 bits per heavy atom. The molecular formula is C26H32O2. The van der Waals surface area contributed by atoms with Gasteiger partial charge in [0.15, 0.2) is 0 Å². The lowest BCUT2D eigenvalue weighted by Crippen LogP contribution is -2.16. The van der Waals surface area contributed by atoms with Crippen molar-refractivity contribution < 1.29 is 9.53 Å². The largest absolute Gasteiger partial charge is 0.459 e. The van der Waals surface area contributed by atoms with E-state index in [1.54, 1.807) is 0 Å². The number of allylic oxidation sites excluding steroid dienone is 1. The van der Waals surface area contributed by atoms with E-state index < -0.39 is 0 Å². The van der Waals surface area contributed by atoms with E-state index in [9.17, 15) is 4.79 Å². The SMILES string of the molecule is CCCCC/C(=C/c1ccccc1)c1c(C)cccc1C(=O)OC1CCCC1. The Morgan fingerprint density at radius 3 is 2.50 bits per heavy atom. The lowest BCUT2D eigenvalue weighted by Gasteiger charge is -2.18. The fourth-order valence-corrected chi connectivity index (χ4v) is 4.07. The summed E-state index contributed by atoms with van der Waals surface area (Å²) < 4.78 is 5.85. The molecule has 1 aliphatic rings. The molecule has 0 saturated heterocycles. The van der Waals surface area contributed by atoms with E-state index in [0.717, 1.165) is 49.7 Å². The molecule has 0 amide bonds. The third-order valence-corrected chi connectivity index (χ3v) is 5.58. The maximum absolute atomic E-state index is 13.0. The monoisotopic (exact) mass is 376 g/mol. The molecule has 0 aliphatic heterocycles. The van der Waals surface area contributed by atoms with E-state index >= 15 is 0 Å². The van der Waals surface area contributed by atoms with Crippen molar-refractivity contribution in [3.63, 3.8) is 0 Å². The first-order chi connectivity index (χ1) is 13.7. The van der Waals surface area contributed by atoms with Gasteiger partial charge in [-0.25, -0.2) is 4.79 Å². The molecule has 0 unspecified atom stereocenters. The van der Waals surface area contributed by atoms with Gasteiger partial charge in [0, 0.05) is 0 Å². The van der Waals surface area contributed by atoms with Crippen LogP contribution < -0.4 is 0 Å². The van der Waals surface area contributed by atoms with Gasteiger partial charge in [0.25, 0.3) is 0 Å². The fraction of sp³-hybridized carbons (Fsp3) is 0.423. The van der Waals surface area contributed by atoms with Crippen molar-refractivity contribution >= 4 is 17.6 Å². The Kier molecular flexibility index (Phi) is 7.47. The Hall–Kier alpha value is -2.35. The number of esters is 1. The Balaban J connectivity index is 1.96. The molecule has 0 heterocycles. The lowest BCUT2D eigenvalue weighted by molar-refractivity contribution is 0.0317. The summed E-state index contributed by atoms with van der Waals surface area (Å²) in [5, 5.41) is 0. The van der Waals surface area contributed by atoms with Crippen molar-refractivity contribution in [1.82, 2.24) is 0 Å². The van der Waals surface area contributed by atoms with Gasteiger partial charge < -0.3 is 4.74 Å². The Labute approximate surface area is 169 Å². The number of carbonyl (C=O) groups is 1. The Bertz CT molecular complexity index is 798. The van der Waals surface area contributed by atoms with Crippen LogP contribution in [-0.2, 0) is 4.74 Å². The molecule has 2 aromatic rings. The van der Waals surface area contributed by atoms with Gasteiger partial charge in [0.2, 0.25) is 0 Å². The summed E-state index contributed by atoms with van der Waals surface area (Å²) in [6.07, 6.45) is 11.1. The van der Waals surface area contributed by atoms with Gasteiger partial charge in [-0.15, -0.1) is 0 Å². The first-order valence-electron chi connectivity index (χ1n) is 10.8. The zero-order chi connectivity index (χ0) is 19.8. The zero-order valence-electron chi connectivity index (χ0n) is 17.2. The summed E-state index contributed by atoms with van der Waals surface area (Å²) in [4.78, 5) is 13.0. The van der Waals surface area contributed by atoms with Gasteiger partial charge in [-0.2, -0.15) is 0 Å². The predicted molar refractivity (Wildman–Crippen MR) is 117 cm³/mol. The maximum Gasteiger partial charge on any atom is 0.339 e. The van der Waals surface area contributed by atoms with Gasteiger partial charge in [-0.1, -0.05) is 68.3 Å². The molecule has 1 fully saturated rings. The van der Waals surface area contributed by atoms with Crippen LogP contribution in [0.1, 0.15) is 85.3 Å². The van der Waals surface area contributed by atoms with Crippen LogP contribution in [0.3, 0.4) is 0 Å². The van der Waals surface area contributed by atoms with E-state index in [-0.39, 0.29) is 12.1 Å². The third-order valence-electron chi connectivity index (χ3n) is 5.58. The van der Waals surface area contributed by atoms with Crippen molar-refractivity contribution in [3.8, 4) is 0 Å². The summed E-state index contributed by atoms with van der Waals surface area (Å²) in [5.74, 6) is -0.167. The van der Waals surface area contributed by atoms with Gasteiger partial charge in [0.05, 0.1) is 5.56 Å². The van der Waals surface area contributed by atoms with Crippen LogP contribution in [0.2, 0.25) is 0 Å². The molecule has 1 saturated carbocycles. The minimum atomic E-state index is -0.167. The number of aryl methyl sites for hydroxylation is 1. The molecule has 0 bridgehead atoms. The molecule has 0 N–H and O–H groups in total. The van der Waals surface area contributed by atoms with Gasteiger partial charge in [-0.05, 0) is 73.8 Å². The number of hydrogen-bond donors (Lipinski definition) is 0. The number of rotatable bonds is 8. The van der Waals surface area contributed by atoms with Gasteiger partial charge in [0.1, 0.15) is 6.10 Å². The standard InChI is InChI=1S/C26H32O2/c1-3-4-6-15-22(19-21-13-7-5-8-14-21)25-20(2)12-11-18-24(25)26(27)28-23-16-9-10-17-23/h5,7-8,11-14,18-19,23H,3-4,6,9-10,15-17H2,1-2H3/b22-19-. The van der Waals surface area contributed by atoms with Gasteiger partial charge in [-0.3, -0.25) is 0 Å². The second-order valence-corrected chi connectivity index (χ2v) is 7.85. The lowest BCUT2D eigenvalue weighted by atomic mass is 9.90. The smallest absolute Gasteiger partial charge is 0.339 e. The molecule has 2 nitrogen and oxygen atoms in total. The molecule has 1 aliphatic carbocycles. The first kappa shape index (κ1) is 20.4. The molecule has 0 atom stereocenters. The molecule has 148 valence electrons. The third kappa shape index (κ3) is 5.34. The Morgan fingerprint density at radius 1 is 1.04 bits per heavy atom. The van der Waals surface area contributed by atoms with E-state index in [2.05, 4.69) is 50.3 Å². The number of carbonyl (C=O) groups excluding carboxylic acids is 1. The zero-order valence-corrected chi connectivity index (χ0v) is 17.2. The fourth-order valence-electron chi connectivity index (χ4n) is 4.07. The second-order valence-electron chi connectivity index (χ2n) is 7.85. The summed E-state index contributed by atoms with van der Waals surface area (Å²) in [6, 6.07) is 16.4. The number of ether oxygens (including phenoxy) is 1. The average Bonchev–Trinajstić information content (AvgIpc) is 3.21. The molecule has 2 aromatic carbocycles. The quantitative estimate of drug-likeness (QED) is 0.276. The molecule has 28 heavy (non-hydrogen) atoms. The van der Waals surface area contributed by atoms with E-state index in [1.807, 2.05) is 18.2 Å². The number of hydrogen-bond acceptors (Lipinski definition) is 2. The second kappa shape index (κ2) is 10.3. The maximum atomic E-state index is 13.0. The van der Waals surface area contributed by atoms with Crippen molar-refractivity contribution in [2.75, 3.05) is 0 Å². The highest BCUT2D eigenvalue weighted by molar-refractivity contribution is 5.98. The topological polar surface area (TPSA) is 26.3 Å². The van der Waals surface area contributed by atoms with E-state index in [4.69, 9.17) is 4.74 Å². The summed E-state index contributed by atoms with van der Waals surface area (Å²) in [6.45, 7) is 4.32.